The van der Waals surface area contributed by atoms with Gasteiger partial charge in [-0.1, -0.05) is 46.6 Å². The third-order valence-electron chi connectivity index (χ3n) is 4.97. The van der Waals surface area contributed by atoms with Gasteiger partial charge in [0.25, 0.3) is 5.91 Å². The molecule has 0 aliphatic rings. The van der Waals surface area contributed by atoms with E-state index in [4.69, 9.17) is 32.5 Å². The van der Waals surface area contributed by atoms with E-state index in [1.54, 1.807) is 41.9 Å². The SMILES string of the molecule is Cc1onc(C(=O)Nc2cc(C)n(Cc3ccc(Cl)cc3Cl)n2)c1COc1ccccc1F. The van der Waals surface area contributed by atoms with Gasteiger partial charge in [-0.25, -0.2) is 4.39 Å². The zero-order chi connectivity index (χ0) is 23.5. The van der Waals surface area contributed by atoms with Crippen molar-refractivity contribution in [2.75, 3.05) is 5.32 Å². The number of para-hydroxylation sites is 1. The van der Waals surface area contributed by atoms with Crippen LogP contribution in [0.3, 0.4) is 0 Å². The van der Waals surface area contributed by atoms with Gasteiger partial charge in [0.05, 0.1) is 12.1 Å². The van der Waals surface area contributed by atoms with E-state index >= 15 is 0 Å². The minimum Gasteiger partial charge on any atom is -0.486 e. The highest BCUT2D eigenvalue weighted by Gasteiger charge is 2.22. The molecule has 2 aromatic heterocycles. The Labute approximate surface area is 199 Å². The Bertz CT molecular complexity index is 1320. The lowest BCUT2D eigenvalue weighted by Gasteiger charge is -2.08. The molecule has 2 heterocycles. The largest absolute Gasteiger partial charge is 0.486 e. The standard InChI is InChI=1S/C23H19Cl2FN4O3/c1-13-9-21(28-30(13)11-15-7-8-16(24)10-18(15)25)27-23(31)22-17(14(2)33-29-22)12-32-20-6-4-3-5-19(20)26/h3-10H,11-12H2,1-2H3,(H,27,28,31). The number of nitrogens with one attached hydrogen (secondary N) is 1. The Balaban J connectivity index is 1.48. The number of hydrogen-bond donors (Lipinski definition) is 1. The van der Waals surface area contributed by atoms with Gasteiger partial charge >= 0.3 is 0 Å². The number of carbonyl (C=O) groups excluding carboxylic acids is 1. The van der Waals surface area contributed by atoms with Crippen LogP contribution in [0.25, 0.3) is 0 Å². The lowest BCUT2D eigenvalue weighted by Crippen LogP contribution is -2.16. The highest BCUT2D eigenvalue weighted by molar-refractivity contribution is 6.35. The zero-order valence-corrected chi connectivity index (χ0v) is 19.2. The van der Waals surface area contributed by atoms with Crippen LogP contribution in [-0.2, 0) is 13.2 Å². The van der Waals surface area contributed by atoms with Gasteiger partial charge in [-0.05, 0) is 43.7 Å². The summed E-state index contributed by atoms with van der Waals surface area (Å²) in [6.45, 7) is 3.84. The van der Waals surface area contributed by atoms with Gasteiger partial charge in [0.2, 0.25) is 0 Å². The predicted molar refractivity (Wildman–Crippen MR) is 122 cm³/mol. The predicted octanol–water partition coefficient (Wildman–Crippen LogP) is 5.81. The van der Waals surface area contributed by atoms with E-state index in [0.29, 0.717) is 33.7 Å². The van der Waals surface area contributed by atoms with Gasteiger partial charge in [-0.2, -0.15) is 5.10 Å². The molecule has 0 aliphatic heterocycles. The Hall–Kier alpha value is -3.36. The van der Waals surface area contributed by atoms with Crippen LogP contribution in [0.1, 0.15) is 33.1 Å². The number of aryl methyl sites for hydroxylation is 2. The molecule has 0 fully saturated rings. The monoisotopic (exact) mass is 488 g/mol. The van der Waals surface area contributed by atoms with Crippen molar-refractivity contribution < 1.29 is 18.4 Å². The summed E-state index contributed by atoms with van der Waals surface area (Å²) in [5.74, 6) is -0.216. The second kappa shape index (κ2) is 9.64. The summed E-state index contributed by atoms with van der Waals surface area (Å²) in [6.07, 6.45) is 0. The first-order valence-electron chi connectivity index (χ1n) is 9.94. The van der Waals surface area contributed by atoms with Gasteiger partial charge in [0.1, 0.15) is 12.4 Å². The lowest BCUT2D eigenvalue weighted by atomic mass is 10.2. The Kier molecular flexibility index (Phi) is 6.67. The molecule has 2 aromatic carbocycles. The molecule has 0 saturated carbocycles. The fourth-order valence-corrected chi connectivity index (χ4v) is 3.64. The van der Waals surface area contributed by atoms with Crippen LogP contribution in [0.15, 0.2) is 53.1 Å². The average Bonchev–Trinajstić information content (AvgIpc) is 3.31. The number of ether oxygens (including phenoxy) is 1. The van der Waals surface area contributed by atoms with E-state index in [2.05, 4.69) is 15.6 Å². The van der Waals surface area contributed by atoms with Crippen LogP contribution >= 0.6 is 23.2 Å². The fourth-order valence-electron chi connectivity index (χ4n) is 3.17. The van der Waals surface area contributed by atoms with Crippen molar-refractivity contribution in [3.63, 3.8) is 0 Å². The van der Waals surface area contributed by atoms with E-state index in [9.17, 15) is 9.18 Å². The molecular formula is C23H19Cl2FN4O3. The van der Waals surface area contributed by atoms with Crippen molar-refractivity contribution in [2.24, 2.45) is 0 Å². The molecule has 10 heteroatoms. The van der Waals surface area contributed by atoms with E-state index in [0.717, 1.165) is 11.3 Å². The van der Waals surface area contributed by atoms with Crippen LogP contribution < -0.4 is 10.1 Å². The number of benzene rings is 2. The molecule has 0 spiro atoms. The zero-order valence-electron chi connectivity index (χ0n) is 17.7. The molecule has 170 valence electrons. The smallest absolute Gasteiger partial charge is 0.279 e. The van der Waals surface area contributed by atoms with Crippen LogP contribution in [-0.4, -0.2) is 20.8 Å². The second-order valence-corrected chi connectivity index (χ2v) is 8.15. The van der Waals surface area contributed by atoms with Crippen LogP contribution in [0.5, 0.6) is 5.75 Å². The number of aromatic nitrogens is 3. The summed E-state index contributed by atoms with van der Waals surface area (Å²) < 4.78 is 26.2. The van der Waals surface area contributed by atoms with E-state index in [-0.39, 0.29) is 18.1 Å². The average molecular weight is 489 g/mol. The maximum absolute atomic E-state index is 13.8. The molecule has 1 N–H and O–H groups in total. The minimum atomic E-state index is -0.520. The lowest BCUT2D eigenvalue weighted by molar-refractivity contribution is 0.101. The molecule has 4 rings (SSSR count). The highest BCUT2D eigenvalue weighted by atomic mass is 35.5. The molecule has 7 nitrogen and oxygen atoms in total. The normalized spacial score (nSPS) is 10.9. The number of amides is 1. The summed E-state index contributed by atoms with van der Waals surface area (Å²) >= 11 is 12.2. The number of rotatable bonds is 7. The number of halogens is 3. The topological polar surface area (TPSA) is 82.2 Å². The first-order chi connectivity index (χ1) is 15.8. The molecule has 0 radical (unpaired) electrons. The van der Waals surface area contributed by atoms with Crippen LogP contribution in [0.4, 0.5) is 10.2 Å². The van der Waals surface area contributed by atoms with Gasteiger partial charge in [0, 0.05) is 21.8 Å². The first kappa shape index (κ1) is 22.8. The third-order valence-corrected chi connectivity index (χ3v) is 5.55. The summed E-state index contributed by atoms with van der Waals surface area (Å²) in [6, 6.07) is 13.0. The van der Waals surface area contributed by atoms with Crippen molar-refractivity contribution in [3.05, 3.63) is 92.7 Å². The van der Waals surface area contributed by atoms with Crippen molar-refractivity contribution in [1.82, 2.24) is 14.9 Å². The molecule has 0 unspecified atom stereocenters. The maximum atomic E-state index is 13.8. The molecule has 1 amide bonds. The summed E-state index contributed by atoms with van der Waals surface area (Å²) in [5, 5.41) is 12.1. The number of carbonyl (C=O) groups is 1. The van der Waals surface area contributed by atoms with Gasteiger partial charge in [0.15, 0.2) is 23.1 Å². The van der Waals surface area contributed by atoms with Crippen molar-refractivity contribution in [3.8, 4) is 5.75 Å². The number of nitrogens with zero attached hydrogens (tertiary/aromatic N) is 3. The van der Waals surface area contributed by atoms with Crippen molar-refractivity contribution in [1.29, 1.82) is 0 Å². The van der Waals surface area contributed by atoms with Gasteiger partial charge in [-0.15, -0.1) is 0 Å². The summed E-state index contributed by atoms with van der Waals surface area (Å²) in [4.78, 5) is 12.8. The molecule has 0 aliphatic carbocycles. The fraction of sp³-hybridized carbons (Fsp3) is 0.174. The Morgan fingerprint density at radius 3 is 2.73 bits per heavy atom. The highest BCUT2D eigenvalue weighted by Crippen LogP contribution is 2.24. The Morgan fingerprint density at radius 2 is 1.97 bits per heavy atom. The third kappa shape index (κ3) is 5.18. The van der Waals surface area contributed by atoms with Gasteiger partial charge in [-0.3, -0.25) is 9.48 Å². The summed E-state index contributed by atoms with van der Waals surface area (Å²) in [5.41, 5.74) is 2.11. The maximum Gasteiger partial charge on any atom is 0.279 e. The van der Waals surface area contributed by atoms with Crippen LogP contribution in [0, 0.1) is 19.7 Å². The quantitative estimate of drug-likeness (QED) is 0.354. The van der Waals surface area contributed by atoms with E-state index in [1.807, 2.05) is 13.0 Å². The number of anilines is 1. The summed E-state index contributed by atoms with van der Waals surface area (Å²) in [7, 11) is 0. The molecular weight excluding hydrogens is 470 g/mol. The number of hydrogen-bond acceptors (Lipinski definition) is 5. The minimum absolute atomic E-state index is 0.0387. The van der Waals surface area contributed by atoms with Crippen molar-refractivity contribution >= 4 is 34.9 Å². The van der Waals surface area contributed by atoms with Crippen molar-refractivity contribution in [2.45, 2.75) is 27.0 Å². The second-order valence-electron chi connectivity index (χ2n) is 7.30. The molecule has 0 bridgehead atoms. The van der Waals surface area contributed by atoms with E-state index in [1.165, 1.54) is 12.1 Å². The Morgan fingerprint density at radius 1 is 1.18 bits per heavy atom. The molecule has 33 heavy (non-hydrogen) atoms. The van der Waals surface area contributed by atoms with E-state index < -0.39 is 11.7 Å². The van der Waals surface area contributed by atoms with Crippen LogP contribution in [0.2, 0.25) is 10.0 Å². The molecule has 0 saturated heterocycles. The molecule has 4 aromatic rings. The molecule has 0 atom stereocenters. The first-order valence-corrected chi connectivity index (χ1v) is 10.7. The van der Waals surface area contributed by atoms with Gasteiger partial charge < -0.3 is 14.6 Å².